The molecule has 0 radical (unpaired) electrons. The Morgan fingerprint density at radius 2 is 2.11 bits per heavy atom. The molecule has 3 heteroatoms. The first kappa shape index (κ1) is 12.7. The summed E-state index contributed by atoms with van der Waals surface area (Å²) in [7, 11) is 0. The van der Waals surface area contributed by atoms with Crippen molar-refractivity contribution in [3.63, 3.8) is 0 Å². The average molecular weight is 243 g/mol. The number of anilines is 2. The van der Waals surface area contributed by atoms with Crippen LogP contribution in [-0.2, 0) is 6.42 Å². The van der Waals surface area contributed by atoms with E-state index in [1.54, 1.807) is 0 Å². The molecule has 2 rings (SSSR count). The highest BCUT2D eigenvalue weighted by Gasteiger charge is 2.06. The number of aryl methyl sites for hydroxylation is 2. The molecule has 1 heterocycles. The van der Waals surface area contributed by atoms with E-state index >= 15 is 0 Å². The molecule has 2 aromatic rings. The lowest BCUT2D eigenvalue weighted by atomic mass is 10.1. The molecule has 0 unspecified atom stereocenters. The van der Waals surface area contributed by atoms with Gasteiger partial charge in [-0.05, 0) is 50.5 Å². The maximum atomic E-state index is 4.36. The van der Waals surface area contributed by atoms with Crippen LogP contribution in [0.25, 0.3) is 0 Å². The molecular formula is C15H21N3. The zero-order valence-electron chi connectivity index (χ0n) is 11.6. The van der Waals surface area contributed by atoms with Crippen molar-refractivity contribution >= 4 is 11.6 Å². The van der Waals surface area contributed by atoms with Crippen molar-refractivity contribution in [3.05, 3.63) is 41.7 Å². The van der Waals surface area contributed by atoms with E-state index in [1.165, 1.54) is 11.1 Å². The van der Waals surface area contributed by atoms with Gasteiger partial charge < -0.3 is 9.88 Å². The molecule has 0 fully saturated rings. The van der Waals surface area contributed by atoms with Gasteiger partial charge in [-0.3, -0.25) is 0 Å². The number of aromatic nitrogens is 2. The highest BCUT2D eigenvalue weighted by atomic mass is 15.2. The van der Waals surface area contributed by atoms with Crippen LogP contribution < -0.4 is 5.32 Å². The first-order valence-electron chi connectivity index (χ1n) is 6.51. The van der Waals surface area contributed by atoms with Crippen molar-refractivity contribution in [1.82, 2.24) is 9.55 Å². The number of nitrogens with one attached hydrogen (secondary N) is 1. The smallest absolute Gasteiger partial charge is 0.207 e. The number of hydrogen-bond acceptors (Lipinski definition) is 2. The highest BCUT2D eigenvalue weighted by molar-refractivity contribution is 5.56. The number of benzene rings is 1. The quantitative estimate of drug-likeness (QED) is 0.877. The van der Waals surface area contributed by atoms with Gasteiger partial charge in [-0.25, -0.2) is 4.98 Å². The fraction of sp³-hybridized carbons (Fsp3) is 0.400. The summed E-state index contributed by atoms with van der Waals surface area (Å²) in [5.41, 5.74) is 3.82. The minimum absolute atomic E-state index is 0.408. The van der Waals surface area contributed by atoms with Gasteiger partial charge in [0.1, 0.15) is 0 Å². The molecule has 0 aliphatic heterocycles. The maximum absolute atomic E-state index is 4.36. The molecule has 3 nitrogen and oxygen atoms in total. The minimum atomic E-state index is 0.408. The highest BCUT2D eigenvalue weighted by Crippen LogP contribution is 2.21. The summed E-state index contributed by atoms with van der Waals surface area (Å²) >= 11 is 0. The molecule has 0 spiro atoms. The van der Waals surface area contributed by atoms with Crippen LogP contribution in [0.5, 0.6) is 0 Å². The van der Waals surface area contributed by atoms with Crippen molar-refractivity contribution in [2.45, 2.75) is 40.2 Å². The van der Waals surface area contributed by atoms with Crippen molar-refractivity contribution in [2.24, 2.45) is 0 Å². The molecule has 1 aromatic heterocycles. The van der Waals surface area contributed by atoms with E-state index in [2.05, 4.69) is 60.8 Å². The van der Waals surface area contributed by atoms with Crippen molar-refractivity contribution in [2.75, 3.05) is 5.32 Å². The van der Waals surface area contributed by atoms with Crippen LogP contribution in [0.3, 0.4) is 0 Å². The van der Waals surface area contributed by atoms with Crippen molar-refractivity contribution in [1.29, 1.82) is 0 Å². The number of nitrogens with zero attached hydrogens (tertiary/aromatic N) is 2. The van der Waals surface area contributed by atoms with Crippen LogP contribution in [0, 0.1) is 6.92 Å². The van der Waals surface area contributed by atoms with E-state index in [4.69, 9.17) is 0 Å². The van der Waals surface area contributed by atoms with Crippen LogP contribution in [-0.4, -0.2) is 9.55 Å². The third-order valence-corrected chi connectivity index (χ3v) is 3.20. The van der Waals surface area contributed by atoms with Crippen LogP contribution in [0.1, 0.15) is 37.9 Å². The van der Waals surface area contributed by atoms with Crippen LogP contribution >= 0.6 is 0 Å². The largest absolute Gasteiger partial charge is 0.326 e. The first-order chi connectivity index (χ1) is 8.61. The van der Waals surface area contributed by atoms with Gasteiger partial charge >= 0.3 is 0 Å². The molecule has 0 amide bonds. The Morgan fingerprint density at radius 3 is 2.72 bits per heavy atom. The van der Waals surface area contributed by atoms with Gasteiger partial charge in [0.2, 0.25) is 5.95 Å². The van der Waals surface area contributed by atoms with Gasteiger partial charge in [0.15, 0.2) is 0 Å². The molecular weight excluding hydrogens is 222 g/mol. The predicted octanol–water partition coefficient (Wildman–Crippen LogP) is 4.08. The summed E-state index contributed by atoms with van der Waals surface area (Å²) in [4.78, 5) is 4.36. The second-order valence-corrected chi connectivity index (χ2v) is 4.87. The number of hydrogen-bond donors (Lipinski definition) is 1. The SMILES string of the molecule is CCc1ccc(Nc2nccn2C(C)C)cc1C. The Bertz CT molecular complexity index is 526. The second-order valence-electron chi connectivity index (χ2n) is 4.87. The van der Waals surface area contributed by atoms with Gasteiger partial charge in [-0.1, -0.05) is 13.0 Å². The number of rotatable bonds is 4. The topological polar surface area (TPSA) is 29.9 Å². The third kappa shape index (κ3) is 2.55. The zero-order valence-corrected chi connectivity index (χ0v) is 11.6. The van der Waals surface area contributed by atoms with Gasteiger partial charge in [0, 0.05) is 24.1 Å². The Balaban J connectivity index is 2.23. The van der Waals surface area contributed by atoms with Crippen LogP contribution in [0.2, 0.25) is 0 Å². The van der Waals surface area contributed by atoms with Gasteiger partial charge in [-0.15, -0.1) is 0 Å². The van der Waals surface area contributed by atoms with E-state index in [9.17, 15) is 0 Å². The monoisotopic (exact) mass is 243 g/mol. The molecule has 1 N–H and O–H groups in total. The second kappa shape index (κ2) is 5.25. The van der Waals surface area contributed by atoms with E-state index in [0.717, 1.165) is 18.1 Å². The Morgan fingerprint density at radius 1 is 1.33 bits per heavy atom. The summed E-state index contributed by atoms with van der Waals surface area (Å²) in [6.07, 6.45) is 4.91. The summed E-state index contributed by atoms with van der Waals surface area (Å²) in [5, 5.41) is 3.38. The minimum Gasteiger partial charge on any atom is -0.326 e. The molecule has 1 aromatic carbocycles. The van der Waals surface area contributed by atoms with Gasteiger partial charge in [0.05, 0.1) is 0 Å². The van der Waals surface area contributed by atoms with Gasteiger partial charge in [0.25, 0.3) is 0 Å². The zero-order chi connectivity index (χ0) is 13.1. The lowest BCUT2D eigenvalue weighted by Gasteiger charge is -2.13. The molecule has 0 atom stereocenters. The molecule has 0 saturated heterocycles. The Hall–Kier alpha value is -1.77. The fourth-order valence-corrected chi connectivity index (χ4v) is 2.13. The maximum Gasteiger partial charge on any atom is 0.207 e. The predicted molar refractivity (Wildman–Crippen MR) is 76.5 cm³/mol. The van der Waals surface area contributed by atoms with E-state index in [1.807, 2.05) is 12.4 Å². The molecule has 0 saturated carbocycles. The van der Waals surface area contributed by atoms with Crippen LogP contribution in [0.4, 0.5) is 11.6 Å². The summed E-state index contributed by atoms with van der Waals surface area (Å²) in [6.45, 7) is 8.64. The lowest BCUT2D eigenvalue weighted by Crippen LogP contribution is -2.05. The molecule has 18 heavy (non-hydrogen) atoms. The number of imidazole rings is 1. The Labute approximate surface area is 109 Å². The van der Waals surface area contributed by atoms with Crippen LogP contribution in [0.15, 0.2) is 30.6 Å². The van der Waals surface area contributed by atoms with Crippen molar-refractivity contribution < 1.29 is 0 Å². The molecule has 0 aliphatic rings. The van der Waals surface area contributed by atoms with E-state index in [-0.39, 0.29) is 0 Å². The summed E-state index contributed by atoms with van der Waals surface area (Å²) in [6, 6.07) is 6.88. The average Bonchev–Trinajstić information content (AvgIpc) is 2.77. The third-order valence-electron chi connectivity index (χ3n) is 3.20. The normalized spacial score (nSPS) is 10.9. The van der Waals surface area contributed by atoms with E-state index in [0.29, 0.717) is 6.04 Å². The van der Waals surface area contributed by atoms with E-state index < -0.39 is 0 Å². The lowest BCUT2D eigenvalue weighted by molar-refractivity contribution is 0.608. The first-order valence-corrected chi connectivity index (χ1v) is 6.51. The van der Waals surface area contributed by atoms with Gasteiger partial charge in [-0.2, -0.15) is 0 Å². The fourth-order valence-electron chi connectivity index (χ4n) is 2.13. The molecule has 96 valence electrons. The van der Waals surface area contributed by atoms with Crippen molar-refractivity contribution in [3.8, 4) is 0 Å². The molecule has 0 aliphatic carbocycles. The standard InChI is InChI=1S/C15H21N3/c1-5-13-6-7-14(10-12(13)4)17-15-16-8-9-18(15)11(2)3/h6-11H,5H2,1-4H3,(H,16,17). The Kier molecular flexibility index (Phi) is 3.70. The summed E-state index contributed by atoms with van der Waals surface area (Å²) in [5.74, 6) is 0.897. The molecule has 0 bridgehead atoms. The summed E-state index contributed by atoms with van der Waals surface area (Å²) < 4.78 is 2.13.